The predicted molar refractivity (Wildman–Crippen MR) is 153 cm³/mol. The minimum atomic E-state index is -1.11. The highest BCUT2D eigenvalue weighted by molar-refractivity contribution is 5.79. The van der Waals surface area contributed by atoms with Gasteiger partial charge in [0.05, 0.1) is 24.1 Å². The van der Waals surface area contributed by atoms with Crippen LogP contribution in [0.5, 0.6) is 0 Å². The average molecular weight is 544 g/mol. The molecule has 0 aliphatic carbocycles. The third kappa shape index (κ3) is 6.50. The van der Waals surface area contributed by atoms with Crippen LogP contribution in [-0.2, 0) is 14.9 Å². The highest BCUT2D eigenvalue weighted by Crippen LogP contribution is 2.30. The normalized spacial score (nSPS) is 15.9. The summed E-state index contributed by atoms with van der Waals surface area (Å²) in [6.07, 6.45) is 2.94. The second-order valence-electron chi connectivity index (χ2n) is 10.9. The van der Waals surface area contributed by atoms with Gasteiger partial charge >= 0.3 is 5.97 Å². The summed E-state index contributed by atoms with van der Waals surface area (Å²) in [6, 6.07) is 24.3. The van der Waals surface area contributed by atoms with E-state index < -0.39 is 17.5 Å². The van der Waals surface area contributed by atoms with Crippen molar-refractivity contribution in [2.45, 2.75) is 50.4 Å². The molecule has 1 aliphatic heterocycles. The van der Waals surface area contributed by atoms with Crippen molar-refractivity contribution in [1.29, 1.82) is 0 Å². The van der Waals surface area contributed by atoms with E-state index in [9.17, 15) is 15.0 Å². The standard InChI is InChI=1S/C31H37N5O4/c1-31(2,30(38)39)26-21-36-28(33-26)14-13-27(34-36)32-19-24(37)20-35-17-15-25(16-18-35)40-29(22-9-5-3-6-10-22)23-11-7-4-8-12-23/h3-14,21,24-25,29,37H,15-20H2,1-2H3,(H,32,34)(H,38,39). The molecule has 9 heteroatoms. The molecule has 210 valence electrons. The van der Waals surface area contributed by atoms with Crippen molar-refractivity contribution in [3.63, 3.8) is 0 Å². The number of aliphatic carboxylic acids is 1. The van der Waals surface area contributed by atoms with Crippen molar-refractivity contribution in [1.82, 2.24) is 19.5 Å². The zero-order chi connectivity index (χ0) is 28.1. The predicted octanol–water partition coefficient (Wildman–Crippen LogP) is 4.13. The maximum Gasteiger partial charge on any atom is 0.315 e. The van der Waals surface area contributed by atoms with Crippen LogP contribution in [0, 0.1) is 0 Å². The number of aliphatic hydroxyl groups excluding tert-OH is 1. The van der Waals surface area contributed by atoms with Crippen molar-refractivity contribution in [2.75, 3.05) is 31.5 Å². The van der Waals surface area contributed by atoms with E-state index in [-0.39, 0.29) is 12.2 Å². The van der Waals surface area contributed by atoms with Crippen LogP contribution in [0.25, 0.3) is 5.65 Å². The van der Waals surface area contributed by atoms with E-state index in [2.05, 4.69) is 44.6 Å². The quantitative estimate of drug-likeness (QED) is 0.259. The number of anilines is 1. The van der Waals surface area contributed by atoms with Gasteiger partial charge in [0.2, 0.25) is 0 Å². The monoisotopic (exact) mass is 543 g/mol. The second-order valence-corrected chi connectivity index (χ2v) is 10.9. The Morgan fingerprint density at radius 1 is 1.02 bits per heavy atom. The fraction of sp³-hybridized carbons (Fsp3) is 0.387. The SMILES string of the molecule is CC(C)(C(=O)O)c1cn2nc(NCC(O)CN3CCC(OC(c4ccccc4)c4ccccc4)CC3)ccc2n1. The zero-order valence-electron chi connectivity index (χ0n) is 23.0. The van der Waals surface area contributed by atoms with Crippen molar-refractivity contribution >= 4 is 17.4 Å². The number of carboxylic acid groups (broad SMARTS) is 1. The van der Waals surface area contributed by atoms with Crippen LogP contribution in [0.3, 0.4) is 0 Å². The van der Waals surface area contributed by atoms with Gasteiger partial charge in [0.1, 0.15) is 17.3 Å². The number of piperidine rings is 1. The summed E-state index contributed by atoms with van der Waals surface area (Å²) in [5, 5.41) is 27.9. The number of nitrogens with zero attached hydrogens (tertiary/aromatic N) is 4. The van der Waals surface area contributed by atoms with Crippen LogP contribution in [0.1, 0.15) is 49.6 Å². The van der Waals surface area contributed by atoms with Crippen LogP contribution in [-0.4, -0.2) is 74.1 Å². The molecular weight excluding hydrogens is 506 g/mol. The van der Waals surface area contributed by atoms with Gasteiger partial charge in [0.15, 0.2) is 5.65 Å². The molecule has 3 heterocycles. The van der Waals surface area contributed by atoms with Crippen molar-refractivity contribution in [3.8, 4) is 0 Å². The number of rotatable bonds is 11. The number of imidazole rings is 1. The van der Waals surface area contributed by atoms with E-state index >= 15 is 0 Å². The molecule has 0 bridgehead atoms. The van der Waals surface area contributed by atoms with Gasteiger partial charge < -0.3 is 25.2 Å². The van der Waals surface area contributed by atoms with E-state index in [4.69, 9.17) is 4.74 Å². The minimum absolute atomic E-state index is 0.0969. The zero-order valence-corrected chi connectivity index (χ0v) is 23.0. The van der Waals surface area contributed by atoms with Crippen LogP contribution >= 0.6 is 0 Å². The Labute approximate surface area is 234 Å². The Kier molecular flexibility index (Phi) is 8.44. The molecule has 1 atom stereocenters. The molecule has 1 aliphatic rings. The molecule has 2 aromatic heterocycles. The topological polar surface area (TPSA) is 112 Å². The smallest absolute Gasteiger partial charge is 0.315 e. The summed E-state index contributed by atoms with van der Waals surface area (Å²) >= 11 is 0. The third-order valence-corrected chi connectivity index (χ3v) is 7.55. The molecule has 0 saturated carbocycles. The largest absolute Gasteiger partial charge is 0.481 e. The lowest BCUT2D eigenvalue weighted by molar-refractivity contribution is -0.142. The lowest BCUT2D eigenvalue weighted by Crippen LogP contribution is -2.43. The summed E-state index contributed by atoms with van der Waals surface area (Å²) in [4.78, 5) is 18.2. The van der Waals surface area contributed by atoms with Crippen molar-refractivity contribution in [2.24, 2.45) is 0 Å². The number of nitrogens with one attached hydrogen (secondary N) is 1. The number of β-amino-alcohol motifs (C(OH)–C–C–N with tert-alkyl or cyclic N) is 1. The highest BCUT2D eigenvalue weighted by atomic mass is 16.5. The number of hydrogen-bond donors (Lipinski definition) is 3. The first-order valence-electron chi connectivity index (χ1n) is 13.8. The minimum Gasteiger partial charge on any atom is -0.481 e. The van der Waals surface area contributed by atoms with Gasteiger partial charge in [0, 0.05) is 26.2 Å². The van der Waals surface area contributed by atoms with Crippen molar-refractivity contribution in [3.05, 3.63) is 95.8 Å². The molecule has 5 rings (SSSR count). The lowest BCUT2D eigenvalue weighted by atomic mass is 9.90. The van der Waals surface area contributed by atoms with Gasteiger partial charge in [-0.3, -0.25) is 4.79 Å². The van der Waals surface area contributed by atoms with E-state index in [1.54, 1.807) is 36.7 Å². The first-order valence-corrected chi connectivity index (χ1v) is 13.8. The number of aromatic nitrogens is 3. The molecule has 0 spiro atoms. The van der Waals surface area contributed by atoms with Gasteiger partial charge in [0.25, 0.3) is 0 Å². The van der Waals surface area contributed by atoms with Gasteiger partial charge in [-0.1, -0.05) is 60.7 Å². The number of ether oxygens (including phenoxy) is 1. The molecule has 0 amide bonds. The molecule has 9 nitrogen and oxygen atoms in total. The summed E-state index contributed by atoms with van der Waals surface area (Å²) in [5.74, 6) is -0.358. The Morgan fingerprint density at radius 3 is 2.25 bits per heavy atom. The number of benzene rings is 2. The Morgan fingerprint density at radius 2 is 1.65 bits per heavy atom. The maximum atomic E-state index is 11.6. The van der Waals surface area contributed by atoms with Crippen LogP contribution < -0.4 is 5.32 Å². The fourth-order valence-corrected chi connectivity index (χ4v) is 5.00. The molecule has 1 saturated heterocycles. The molecule has 40 heavy (non-hydrogen) atoms. The maximum absolute atomic E-state index is 11.6. The first kappa shape index (κ1) is 27.8. The van der Waals surface area contributed by atoms with Crippen LogP contribution in [0.4, 0.5) is 5.82 Å². The summed E-state index contributed by atoms with van der Waals surface area (Å²) in [7, 11) is 0. The van der Waals surface area contributed by atoms with E-state index in [0.29, 0.717) is 30.2 Å². The molecule has 3 N–H and O–H groups in total. The Hall–Kier alpha value is -3.79. The molecular formula is C31H37N5O4. The number of aliphatic hydroxyl groups is 1. The number of likely N-dealkylation sites (tertiary alicyclic amines) is 1. The lowest BCUT2D eigenvalue weighted by Gasteiger charge is -2.35. The van der Waals surface area contributed by atoms with E-state index in [1.165, 1.54) is 0 Å². The summed E-state index contributed by atoms with van der Waals surface area (Å²) in [6.45, 7) is 5.86. The Balaban J connectivity index is 1.11. The molecule has 2 aromatic carbocycles. The first-order chi connectivity index (χ1) is 19.3. The van der Waals surface area contributed by atoms with Crippen molar-refractivity contribution < 1.29 is 19.7 Å². The van der Waals surface area contributed by atoms with E-state index in [0.717, 1.165) is 37.1 Å². The molecule has 1 unspecified atom stereocenters. The van der Waals surface area contributed by atoms with Crippen LogP contribution in [0.2, 0.25) is 0 Å². The van der Waals surface area contributed by atoms with Gasteiger partial charge in [-0.15, -0.1) is 5.10 Å². The molecule has 0 radical (unpaired) electrons. The highest BCUT2D eigenvalue weighted by Gasteiger charge is 2.32. The number of fused-ring (bicyclic) bond motifs is 1. The van der Waals surface area contributed by atoms with Gasteiger partial charge in [-0.2, -0.15) is 0 Å². The molecule has 1 fully saturated rings. The van der Waals surface area contributed by atoms with Gasteiger partial charge in [-0.05, 0) is 49.9 Å². The summed E-state index contributed by atoms with van der Waals surface area (Å²) in [5.41, 5.74) is 2.21. The van der Waals surface area contributed by atoms with Gasteiger partial charge in [-0.25, -0.2) is 9.50 Å². The average Bonchev–Trinajstić information content (AvgIpc) is 3.41. The third-order valence-electron chi connectivity index (χ3n) is 7.55. The fourth-order valence-electron chi connectivity index (χ4n) is 5.00. The number of carboxylic acids is 1. The number of hydrogen-bond acceptors (Lipinski definition) is 7. The molecule has 4 aromatic rings. The number of carbonyl (C=O) groups is 1. The van der Waals surface area contributed by atoms with E-state index in [1.807, 2.05) is 36.4 Å². The Bertz CT molecular complexity index is 1360. The van der Waals surface area contributed by atoms with Crippen LogP contribution in [0.15, 0.2) is 79.0 Å². The summed E-state index contributed by atoms with van der Waals surface area (Å²) < 4.78 is 8.21. The second kappa shape index (κ2) is 12.2.